The second-order valence-electron chi connectivity index (χ2n) is 9.16. The Morgan fingerprint density at radius 1 is 0.955 bits per heavy atom. The van der Waals surface area contributed by atoms with Crippen LogP contribution in [0.2, 0.25) is 0 Å². The Bertz CT molecular complexity index is 490. The van der Waals surface area contributed by atoms with Crippen molar-refractivity contribution in [2.24, 2.45) is 39.7 Å². The summed E-state index contributed by atoms with van der Waals surface area (Å²) in [7, 11) is 0. The summed E-state index contributed by atoms with van der Waals surface area (Å²) in [5, 5.41) is 23.2. The van der Waals surface area contributed by atoms with Gasteiger partial charge in [-0.2, -0.15) is 0 Å². The van der Waals surface area contributed by atoms with Gasteiger partial charge < -0.3 is 10.3 Å². The van der Waals surface area contributed by atoms with Crippen molar-refractivity contribution in [2.75, 3.05) is 0 Å². The zero-order valence-electron chi connectivity index (χ0n) is 14.1. The summed E-state index contributed by atoms with van der Waals surface area (Å²) < 4.78 is 0. The topological polar surface area (TPSA) is 52.8 Å². The molecule has 7 atom stereocenters. The van der Waals surface area contributed by atoms with E-state index in [1.165, 1.54) is 38.5 Å². The Hall–Kier alpha value is -0.570. The molecular formula is C19H31NO2. The van der Waals surface area contributed by atoms with Crippen molar-refractivity contribution < 1.29 is 10.3 Å². The van der Waals surface area contributed by atoms with E-state index in [4.69, 9.17) is 5.21 Å². The standard InChI is InChI=1S/C19H31NO2/c1-18-9-7-13(20-22)11-12(18)3-4-14-15-5-6-17(21)19(15,2)10-8-16(14)18/h12,14-17,21-22H,3-11H2,1-2H3/b20-13+/t12-,14+,15+,16+,17+,18+,19+/m1/s1. The molecule has 0 saturated heterocycles. The number of oxime groups is 1. The SMILES string of the molecule is C[C@]12CC/C(=N\O)C[C@H]1CC[C@@H]1[C@@H]2CC[C@]2(C)[C@@H](O)CC[C@@H]12. The summed E-state index contributed by atoms with van der Waals surface area (Å²) >= 11 is 0. The Kier molecular flexibility index (Phi) is 3.38. The first-order chi connectivity index (χ1) is 10.5. The highest BCUT2D eigenvalue weighted by atomic mass is 16.4. The largest absolute Gasteiger partial charge is 0.411 e. The molecular weight excluding hydrogens is 274 g/mol. The average Bonchev–Trinajstić information content (AvgIpc) is 2.82. The molecule has 124 valence electrons. The molecule has 0 unspecified atom stereocenters. The quantitative estimate of drug-likeness (QED) is 0.520. The lowest BCUT2D eigenvalue weighted by molar-refractivity contribution is -0.112. The fourth-order valence-corrected chi connectivity index (χ4v) is 7.12. The number of nitrogens with zero attached hydrogens (tertiary/aromatic N) is 1. The van der Waals surface area contributed by atoms with E-state index in [0.29, 0.717) is 11.3 Å². The molecule has 2 N–H and O–H groups in total. The highest BCUT2D eigenvalue weighted by Crippen LogP contribution is 2.65. The van der Waals surface area contributed by atoms with Crippen LogP contribution in [0.15, 0.2) is 5.16 Å². The monoisotopic (exact) mass is 305 g/mol. The van der Waals surface area contributed by atoms with Crippen LogP contribution in [0.4, 0.5) is 0 Å². The van der Waals surface area contributed by atoms with Crippen molar-refractivity contribution >= 4 is 5.71 Å². The van der Waals surface area contributed by atoms with Gasteiger partial charge in [0, 0.05) is 0 Å². The van der Waals surface area contributed by atoms with Gasteiger partial charge in [-0.15, -0.1) is 0 Å². The Morgan fingerprint density at radius 3 is 2.50 bits per heavy atom. The predicted octanol–water partition coefficient (Wildman–Crippen LogP) is 4.22. The smallest absolute Gasteiger partial charge is 0.0596 e. The minimum Gasteiger partial charge on any atom is -0.411 e. The van der Waals surface area contributed by atoms with E-state index in [0.717, 1.165) is 42.7 Å². The van der Waals surface area contributed by atoms with Crippen molar-refractivity contribution in [1.29, 1.82) is 0 Å². The van der Waals surface area contributed by atoms with E-state index in [1.807, 2.05) is 0 Å². The van der Waals surface area contributed by atoms with Crippen LogP contribution in [0.1, 0.15) is 71.6 Å². The first-order valence-corrected chi connectivity index (χ1v) is 9.37. The van der Waals surface area contributed by atoms with Gasteiger partial charge in [-0.3, -0.25) is 0 Å². The number of aliphatic hydroxyl groups is 1. The molecule has 4 fully saturated rings. The minimum absolute atomic E-state index is 0.0662. The van der Waals surface area contributed by atoms with Gasteiger partial charge in [0.2, 0.25) is 0 Å². The van der Waals surface area contributed by atoms with E-state index >= 15 is 0 Å². The maximum Gasteiger partial charge on any atom is 0.0596 e. The Morgan fingerprint density at radius 2 is 1.73 bits per heavy atom. The molecule has 0 aliphatic heterocycles. The van der Waals surface area contributed by atoms with Gasteiger partial charge in [-0.25, -0.2) is 0 Å². The van der Waals surface area contributed by atoms with Crippen LogP contribution in [0, 0.1) is 34.5 Å². The summed E-state index contributed by atoms with van der Waals surface area (Å²) in [6.07, 6.45) is 10.5. The third kappa shape index (κ3) is 1.87. The molecule has 0 aromatic rings. The average molecular weight is 305 g/mol. The van der Waals surface area contributed by atoms with Gasteiger partial charge >= 0.3 is 0 Å². The first-order valence-electron chi connectivity index (χ1n) is 9.37. The molecule has 0 radical (unpaired) electrons. The second-order valence-corrected chi connectivity index (χ2v) is 9.16. The van der Waals surface area contributed by atoms with Crippen molar-refractivity contribution in [3.63, 3.8) is 0 Å². The summed E-state index contributed by atoms with van der Waals surface area (Å²) in [5.74, 6) is 3.11. The molecule has 4 saturated carbocycles. The molecule has 0 bridgehead atoms. The predicted molar refractivity (Wildman–Crippen MR) is 87.0 cm³/mol. The first kappa shape index (κ1) is 15.0. The van der Waals surface area contributed by atoms with Crippen LogP contribution in [0.3, 0.4) is 0 Å². The Labute approximate surface area is 134 Å². The zero-order valence-corrected chi connectivity index (χ0v) is 14.1. The highest BCUT2D eigenvalue weighted by molar-refractivity contribution is 5.85. The van der Waals surface area contributed by atoms with Gasteiger partial charge in [0.1, 0.15) is 0 Å². The third-order valence-electron chi connectivity index (χ3n) is 8.59. The fourth-order valence-electron chi connectivity index (χ4n) is 7.12. The van der Waals surface area contributed by atoms with E-state index in [9.17, 15) is 5.11 Å². The molecule has 0 amide bonds. The lowest BCUT2D eigenvalue weighted by Gasteiger charge is -2.60. The number of rotatable bonds is 0. The molecule has 3 heteroatoms. The van der Waals surface area contributed by atoms with Crippen LogP contribution >= 0.6 is 0 Å². The molecule has 3 nitrogen and oxygen atoms in total. The number of hydrogen-bond acceptors (Lipinski definition) is 3. The second kappa shape index (κ2) is 4.96. The van der Waals surface area contributed by atoms with Gasteiger partial charge in [0.05, 0.1) is 11.8 Å². The van der Waals surface area contributed by atoms with Crippen LogP contribution in [-0.4, -0.2) is 22.1 Å². The summed E-state index contributed by atoms with van der Waals surface area (Å²) in [4.78, 5) is 0. The number of fused-ring (bicyclic) bond motifs is 5. The molecule has 4 aliphatic carbocycles. The van der Waals surface area contributed by atoms with E-state index in [-0.39, 0.29) is 11.5 Å². The van der Waals surface area contributed by atoms with Crippen LogP contribution in [0.25, 0.3) is 0 Å². The highest BCUT2D eigenvalue weighted by Gasteiger charge is 2.59. The molecule has 4 rings (SSSR count). The van der Waals surface area contributed by atoms with Crippen molar-refractivity contribution in [3.05, 3.63) is 0 Å². The van der Waals surface area contributed by atoms with Crippen molar-refractivity contribution in [1.82, 2.24) is 0 Å². The zero-order chi connectivity index (χ0) is 15.5. The van der Waals surface area contributed by atoms with Crippen molar-refractivity contribution in [2.45, 2.75) is 77.7 Å². The summed E-state index contributed by atoms with van der Waals surface area (Å²) in [6, 6.07) is 0. The van der Waals surface area contributed by atoms with Crippen molar-refractivity contribution in [3.8, 4) is 0 Å². The Balaban J connectivity index is 1.62. The van der Waals surface area contributed by atoms with Gasteiger partial charge in [0.25, 0.3) is 0 Å². The molecule has 4 aliphatic rings. The molecule has 0 aromatic heterocycles. The fraction of sp³-hybridized carbons (Fsp3) is 0.947. The van der Waals surface area contributed by atoms with Crippen LogP contribution < -0.4 is 0 Å². The van der Waals surface area contributed by atoms with E-state index < -0.39 is 0 Å². The normalized spacial score (nSPS) is 56.3. The maximum absolute atomic E-state index is 10.5. The van der Waals surface area contributed by atoms with Gasteiger partial charge in [-0.1, -0.05) is 19.0 Å². The van der Waals surface area contributed by atoms with Gasteiger partial charge in [0.15, 0.2) is 0 Å². The van der Waals surface area contributed by atoms with E-state index in [1.54, 1.807) is 0 Å². The summed E-state index contributed by atoms with van der Waals surface area (Å²) in [5.41, 5.74) is 1.65. The molecule has 22 heavy (non-hydrogen) atoms. The lowest BCUT2D eigenvalue weighted by Crippen LogP contribution is -2.54. The number of aliphatic hydroxyl groups excluding tert-OH is 1. The molecule has 0 heterocycles. The van der Waals surface area contributed by atoms with Crippen LogP contribution in [-0.2, 0) is 0 Å². The van der Waals surface area contributed by atoms with E-state index in [2.05, 4.69) is 19.0 Å². The van der Waals surface area contributed by atoms with Crippen LogP contribution in [0.5, 0.6) is 0 Å². The maximum atomic E-state index is 10.5. The lowest BCUT2D eigenvalue weighted by atomic mass is 9.45. The minimum atomic E-state index is -0.0662. The summed E-state index contributed by atoms with van der Waals surface area (Å²) in [6.45, 7) is 4.88. The molecule has 0 aromatic carbocycles. The molecule has 0 spiro atoms. The van der Waals surface area contributed by atoms with Gasteiger partial charge in [-0.05, 0) is 92.3 Å². The number of hydrogen-bond donors (Lipinski definition) is 2. The third-order valence-corrected chi connectivity index (χ3v) is 8.59.